The van der Waals surface area contributed by atoms with Gasteiger partial charge in [0.2, 0.25) is 0 Å². The number of benzene rings is 3. The van der Waals surface area contributed by atoms with E-state index >= 15 is 0 Å². The lowest BCUT2D eigenvalue weighted by Gasteiger charge is -2.18. The normalized spacial score (nSPS) is 12.9. The molecule has 0 saturated carbocycles. The van der Waals surface area contributed by atoms with Crippen molar-refractivity contribution < 1.29 is 9.59 Å². The number of aryl methyl sites for hydroxylation is 2. The summed E-state index contributed by atoms with van der Waals surface area (Å²) in [5, 5.41) is 2.40. The zero-order valence-corrected chi connectivity index (χ0v) is 16.0. The van der Waals surface area contributed by atoms with Crippen LogP contribution >= 0.6 is 15.9 Å². The Bertz CT molecular complexity index is 1090. The molecule has 0 aromatic heterocycles. The molecule has 4 heteroatoms. The molecule has 0 bridgehead atoms. The molecule has 3 aromatic rings. The molecule has 1 aliphatic heterocycles. The van der Waals surface area contributed by atoms with Gasteiger partial charge in [-0.2, -0.15) is 0 Å². The van der Waals surface area contributed by atoms with Crippen molar-refractivity contribution in [3.05, 3.63) is 81.3 Å². The molecular formula is C22H16BrNO2. The van der Waals surface area contributed by atoms with Crippen molar-refractivity contribution in [2.75, 3.05) is 0 Å². The fourth-order valence-electron chi connectivity index (χ4n) is 3.49. The number of hydrogen-bond donors (Lipinski definition) is 1. The van der Waals surface area contributed by atoms with Crippen LogP contribution < -0.4 is 5.32 Å². The molecule has 1 aliphatic rings. The first-order chi connectivity index (χ1) is 12.5. The quantitative estimate of drug-likeness (QED) is 0.589. The van der Waals surface area contributed by atoms with Crippen molar-refractivity contribution >= 4 is 27.7 Å². The summed E-state index contributed by atoms with van der Waals surface area (Å²) in [6.45, 7) is 4.09. The first kappa shape index (κ1) is 16.7. The summed E-state index contributed by atoms with van der Waals surface area (Å²) >= 11 is 3.63. The van der Waals surface area contributed by atoms with Crippen LogP contribution in [0.3, 0.4) is 0 Å². The highest BCUT2D eigenvalue weighted by atomic mass is 79.9. The molecule has 0 unspecified atom stereocenters. The Hall–Kier alpha value is -2.72. The standard InChI is InChI=1S/C22H16BrNO2/c1-12-7-3-5-9-14(12)16-11-17-19(22(26)24-21(17)25)20(23)18(16)15-10-6-4-8-13(15)2/h3-11H,1-2H3,(H,24,25,26). The Morgan fingerprint density at radius 3 is 1.88 bits per heavy atom. The Balaban J connectivity index is 2.14. The summed E-state index contributed by atoms with van der Waals surface area (Å²) in [4.78, 5) is 24.6. The van der Waals surface area contributed by atoms with Gasteiger partial charge in [-0.15, -0.1) is 0 Å². The lowest BCUT2D eigenvalue weighted by Crippen LogP contribution is -2.20. The number of hydrogen-bond acceptors (Lipinski definition) is 2. The molecule has 0 saturated heterocycles. The number of halogens is 1. The molecule has 0 atom stereocenters. The van der Waals surface area contributed by atoms with Crippen LogP contribution in [0, 0.1) is 13.8 Å². The summed E-state index contributed by atoms with van der Waals surface area (Å²) in [6.07, 6.45) is 0. The van der Waals surface area contributed by atoms with Crippen LogP contribution in [0.2, 0.25) is 0 Å². The van der Waals surface area contributed by atoms with Crippen LogP contribution in [0.4, 0.5) is 0 Å². The van der Waals surface area contributed by atoms with Gasteiger partial charge in [-0.25, -0.2) is 0 Å². The maximum absolute atomic E-state index is 12.3. The third kappa shape index (κ3) is 2.49. The second kappa shape index (κ2) is 6.22. The summed E-state index contributed by atoms with van der Waals surface area (Å²) in [5.74, 6) is -0.708. The third-order valence-corrected chi connectivity index (χ3v) is 5.61. The van der Waals surface area contributed by atoms with Gasteiger partial charge < -0.3 is 0 Å². The van der Waals surface area contributed by atoms with E-state index in [1.807, 2.05) is 68.4 Å². The third-order valence-electron chi connectivity index (χ3n) is 4.81. The van der Waals surface area contributed by atoms with Crippen LogP contribution in [-0.4, -0.2) is 11.8 Å². The van der Waals surface area contributed by atoms with E-state index in [1.54, 1.807) is 0 Å². The largest absolute Gasteiger partial charge is 0.288 e. The Morgan fingerprint density at radius 2 is 1.27 bits per heavy atom. The lowest BCUT2D eigenvalue weighted by molar-refractivity contribution is 0.0879. The van der Waals surface area contributed by atoms with Crippen molar-refractivity contribution in [1.82, 2.24) is 5.32 Å². The number of carbonyl (C=O) groups excluding carboxylic acids is 2. The van der Waals surface area contributed by atoms with Crippen molar-refractivity contribution in [2.24, 2.45) is 0 Å². The molecule has 4 rings (SSSR count). The van der Waals surface area contributed by atoms with Crippen LogP contribution in [0.1, 0.15) is 31.8 Å². The highest BCUT2D eigenvalue weighted by Crippen LogP contribution is 2.44. The molecule has 26 heavy (non-hydrogen) atoms. The van der Waals surface area contributed by atoms with Crippen molar-refractivity contribution in [3.8, 4) is 22.3 Å². The van der Waals surface area contributed by atoms with Crippen molar-refractivity contribution in [3.63, 3.8) is 0 Å². The summed E-state index contributed by atoms with van der Waals surface area (Å²) in [5.41, 5.74) is 6.98. The van der Waals surface area contributed by atoms with E-state index in [0.29, 0.717) is 15.6 Å². The fourth-order valence-corrected chi connectivity index (χ4v) is 4.31. The first-order valence-electron chi connectivity index (χ1n) is 8.33. The van der Waals surface area contributed by atoms with Gasteiger partial charge in [-0.1, -0.05) is 48.5 Å². The summed E-state index contributed by atoms with van der Waals surface area (Å²) in [7, 11) is 0. The zero-order chi connectivity index (χ0) is 18.4. The van der Waals surface area contributed by atoms with Crippen LogP contribution in [-0.2, 0) is 0 Å². The molecule has 0 aliphatic carbocycles. The van der Waals surface area contributed by atoms with Gasteiger partial charge >= 0.3 is 0 Å². The van der Waals surface area contributed by atoms with E-state index in [0.717, 1.165) is 33.4 Å². The van der Waals surface area contributed by atoms with Crippen molar-refractivity contribution in [1.29, 1.82) is 0 Å². The van der Waals surface area contributed by atoms with Gasteiger partial charge in [0, 0.05) is 10.0 Å². The molecular weight excluding hydrogens is 390 g/mol. The minimum absolute atomic E-state index is 0.350. The average molecular weight is 406 g/mol. The van der Waals surface area contributed by atoms with E-state index in [4.69, 9.17) is 0 Å². The maximum atomic E-state index is 12.3. The minimum atomic E-state index is -0.358. The number of nitrogens with one attached hydrogen (secondary N) is 1. The molecule has 0 spiro atoms. The van der Waals surface area contributed by atoms with Crippen LogP contribution in [0.15, 0.2) is 59.1 Å². The summed E-state index contributed by atoms with van der Waals surface area (Å²) < 4.78 is 0.658. The smallest absolute Gasteiger partial charge is 0.260 e. The number of rotatable bonds is 2. The zero-order valence-electron chi connectivity index (χ0n) is 14.4. The predicted octanol–water partition coefficient (Wildman–Crippen LogP) is 5.28. The number of fused-ring (bicyclic) bond motifs is 1. The molecule has 3 nitrogen and oxygen atoms in total. The number of amides is 2. The Morgan fingerprint density at radius 1 is 0.692 bits per heavy atom. The molecule has 1 heterocycles. The second-order valence-electron chi connectivity index (χ2n) is 6.45. The number of imide groups is 1. The van der Waals surface area contributed by atoms with E-state index in [-0.39, 0.29) is 11.8 Å². The lowest BCUT2D eigenvalue weighted by atomic mass is 9.87. The second-order valence-corrected chi connectivity index (χ2v) is 7.24. The molecule has 2 amide bonds. The molecule has 128 valence electrons. The minimum Gasteiger partial charge on any atom is -0.288 e. The Kier molecular flexibility index (Phi) is 4.00. The molecule has 0 fully saturated rings. The first-order valence-corrected chi connectivity index (χ1v) is 9.12. The van der Waals surface area contributed by atoms with Gasteiger partial charge in [0.1, 0.15) is 0 Å². The van der Waals surface area contributed by atoms with Gasteiger partial charge in [0.05, 0.1) is 11.1 Å². The van der Waals surface area contributed by atoms with E-state index in [1.165, 1.54) is 0 Å². The Labute approximate surface area is 160 Å². The maximum Gasteiger partial charge on any atom is 0.260 e. The van der Waals surface area contributed by atoms with Gasteiger partial charge in [0.15, 0.2) is 0 Å². The predicted molar refractivity (Wildman–Crippen MR) is 106 cm³/mol. The van der Waals surface area contributed by atoms with E-state index < -0.39 is 0 Å². The van der Waals surface area contributed by atoms with Crippen LogP contribution in [0.25, 0.3) is 22.3 Å². The van der Waals surface area contributed by atoms with Crippen LogP contribution in [0.5, 0.6) is 0 Å². The average Bonchev–Trinajstić information content (AvgIpc) is 2.90. The topological polar surface area (TPSA) is 46.2 Å². The molecule has 3 aromatic carbocycles. The van der Waals surface area contributed by atoms with Crippen molar-refractivity contribution in [2.45, 2.75) is 13.8 Å². The monoisotopic (exact) mass is 405 g/mol. The fraction of sp³-hybridized carbons (Fsp3) is 0.0909. The highest BCUT2D eigenvalue weighted by Gasteiger charge is 2.32. The SMILES string of the molecule is Cc1ccccc1-c1cc2c(c(Br)c1-c1ccccc1C)C(=O)NC2=O. The van der Waals surface area contributed by atoms with Gasteiger partial charge in [-0.3, -0.25) is 14.9 Å². The highest BCUT2D eigenvalue weighted by molar-refractivity contribution is 9.10. The molecule has 0 radical (unpaired) electrons. The molecule has 1 N–H and O–H groups in total. The van der Waals surface area contributed by atoms with Gasteiger partial charge in [0.25, 0.3) is 11.8 Å². The van der Waals surface area contributed by atoms with E-state index in [9.17, 15) is 9.59 Å². The summed E-state index contributed by atoms with van der Waals surface area (Å²) in [6, 6.07) is 18.0. The van der Waals surface area contributed by atoms with Gasteiger partial charge in [-0.05, 0) is 63.7 Å². The van der Waals surface area contributed by atoms with E-state index in [2.05, 4.69) is 21.2 Å². The number of carbonyl (C=O) groups is 2.